The Balaban J connectivity index is 3.27. The molecular weight excluding hydrogens is 320 g/mol. The first kappa shape index (κ1) is 21.3. The predicted molar refractivity (Wildman–Crippen MR) is 95.8 cm³/mol. The first-order valence-corrected chi connectivity index (χ1v) is 8.88. The summed E-state index contributed by atoms with van der Waals surface area (Å²) in [7, 11) is 0. The second-order valence-electron chi connectivity index (χ2n) is 7.34. The van der Waals surface area contributed by atoms with Crippen LogP contribution in [0.15, 0.2) is 23.8 Å². The van der Waals surface area contributed by atoms with Crippen molar-refractivity contribution in [2.75, 3.05) is 0 Å². The van der Waals surface area contributed by atoms with Crippen LogP contribution in [0.1, 0.15) is 54.4 Å². The van der Waals surface area contributed by atoms with Crippen LogP contribution in [-0.4, -0.2) is 34.3 Å². The van der Waals surface area contributed by atoms with Gasteiger partial charge in [-0.2, -0.15) is 0 Å². The normalized spacial score (nSPS) is 39.2. The highest BCUT2D eigenvalue weighted by molar-refractivity contribution is 5.99. The molecule has 0 aromatic rings. The summed E-state index contributed by atoms with van der Waals surface area (Å²) in [5.74, 6) is -2.00. The number of hydrogen-bond donors (Lipinski definition) is 1. The van der Waals surface area contributed by atoms with E-state index in [0.29, 0.717) is 18.4 Å². The Morgan fingerprint density at radius 2 is 1.80 bits per heavy atom. The van der Waals surface area contributed by atoms with Crippen LogP contribution in [0, 0.1) is 17.8 Å². The van der Waals surface area contributed by atoms with Crippen LogP contribution in [0.5, 0.6) is 0 Å². The van der Waals surface area contributed by atoms with Crippen LogP contribution in [0.4, 0.5) is 0 Å². The number of allylic oxidation sites excluding steroid dienone is 3. The zero-order valence-corrected chi connectivity index (χ0v) is 16.0. The summed E-state index contributed by atoms with van der Waals surface area (Å²) < 4.78 is 5.47. The van der Waals surface area contributed by atoms with Crippen molar-refractivity contribution in [3.63, 3.8) is 0 Å². The summed E-state index contributed by atoms with van der Waals surface area (Å²) in [5, 5.41) is 10.6. The summed E-state index contributed by atoms with van der Waals surface area (Å²) in [5.41, 5.74) is -0.929. The van der Waals surface area contributed by atoms with E-state index in [9.17, 15) is 19.5 Å². The van der Waals surface area contributed by atoms with E-state index in [1.807, 2.05) is 0 Å². The van der Waals surface area contributed by atoms with Crippen LogP contribution in [0.3, 0.4) is 0 Å². The molecule has 5 unspecified atom stereocenters. The molecule has 1 aliphatic heterocycles. The van der Waals surface area contributed by atoms with Crippen molar-refractivity contribution in [1.29, 1.82) is 0 Å². The largest absolute Gasteiger partial charge is 0.459 e. The highest BCUT2D eigenvalue weighted by Gasteiger charge is 2.34. The third kappa shape index (κ3) is 5.63. The van der Waals surface area contributed by atoms with Crippen molar-refractivity contribution in [2.24, 2.45) is 17.8 Å². The van der Waals surface area contributed by atoms with Crippen LogP contribution in [0.25, 0.3) is 0 Å². The number of rotatable bonds is 1. The van der Waals surface area contributed by atoms with Crippen LogP contribution in [-0.2, 0) is 19.1 Å². The van der Waals surface area contributed by atoms with Gasteiger partial charge in [-0.25, -0.2) is 0 Å². The Kier molecular flexibility index (Phi) is 7.29. The van der Waals surface area contributed by atoms with Gasteiger partial charge in [0.2, 0.25) is 0 Å². The third-order valence-corrected chi connectivity index (χ3v) is 4.76. The lowest BCUT2D eigenvalue weighted by molar-refractivity contribution is -0.164. The van der Waals surface area contributed by atoms with Crippen LogP contribution in [0.2, 0.25) is 0 Å². The maximum absolute atomic E-state index is 12.5. The van der Waals surface area contributed by atoms with E-state index in [4.69, 9.17) is 4.74 Å². The van der Waals surface area contributed by atoms with E-state index < -0.39 is 29.5 Å². The van der Waals surface area contributed by atoms with Crippen LogP contribution >= 0.6 is 0 Å². The van der Waals surface area contributed by atoms with Gasteiger partial charge in [-0.05, 0) is 44.4 Å². The number of carbonyl (C=O) groups is 3. The second-order valence-corrected chi connectivity index (χ2v) is 7.34. The smallest absolute Gasteiger partial charge is 0.309 e. The molecule has 0 bridgehead atoms. The van der Waals surface area contributed by atoms with Gasteiger partial charge in [0.15, 0.2) is 11.6 Å². The SMILES string of the molecule is CCC1OC(=O)C(C)CC(C)C(=O)/C(C)=C/C(C)C(=O)/C=C/C1(C)O. The molecule has 5 heteroatoms. The number of esters is 1. The van der Waals surface area contributed by atoms with E-state index in [-0.39, 0.29) is 17.5 Å². The molecule has 25 heavy (non-hydrogen) atoms. The first-order chi connectivity index (χ1) is 11.5. The van der Waals surface area contributed by atoms with E-state index in [0.717, 1.165) is 0 Å². The number of carbonyl (C=O) groups excluding carboxylic acids is 3. The molecule has 1 N–H and O–H groups in total. The molecule has 5 nitrogen and oxygen atoms in total. The summed E-state index contributed by atoms with van der Waals surface area (Å²) in [6.07, 6.45) is 4.33. The summed E-state index contributed by atoms with van der Waals surface area (Å²) >= 11 is 0. The molecule has 1 aliphatic rings. The minimum atomic E-state index is -1.44. The van der Waals surface area contributed by atoms with Crippen molar-refractivity contribution in [3.05, 3.63) is 23.8 Å². The Hall–Kier alpha value is -1.75. The molecule has 0 spiro atoms. The topological polar surface area (TPSA) is 80.7 Å². The Bertz CT molecular complexity index is 585. The monoisotopic (exact) mass is 350 g/mol. The van der Waals surface area contributed by atoms with Crippen molar-refractivity contribution >= 4 is 17.5 Å². The minimum absolute atomic E-state index is 0.0700. The number of ketones is 2. The van der Waals surface area contributed by atoms with E-state index in [1.165, 1.54) is 19.1 Å². The second kappa shape index (κ2) is 8.56. The number of Topliss-reactive ketones (excluding diaryl/α,β-unsaturated/α-hetero) is 1. The predicted octanol–water partition coefficient (Wildman–Crippen LogP) is 3.01. The number of ether oxygens (including phenoxy) is 1. The highest BCUT2D eigenvalue weighted by atomic mass is 16.6. The molecule has 0 amide bonds. The maximum Gasteiger partial charge on any atom is 0.309 e. The lowest BCUT2D eigenvalue weighted by atomic mass is 9.88. The minimum Gasteiger partial charge on any atom is -0.459 e. The Morgan fingerprint density at radius 3 is 2.36 bits per heavy atom. The fourth-order valence-corrected chi connectivity index (χ4v) is 3.04. The quantitative estimate of drug-likeness (QED) is 0.735. The first-order valence-electron chi connectivity index (χ1n) is 8.88. The average Bonchev–Trinajstić information content (AvgIpc) is 2.55. The molecule has 0 aromatic heterocycles. The maximum atomic E-state index is 12.5. The van der Waals surface area contributed by atoms with E-state index in [2.05, 4.69) is 0 Å². The molecule has 5 atom stereocenters. The molecule has 0 saturated heterocycles. The standard InChI is InChI=1S/C20H30O5/c1-7-17-20(6,24)9-8-16(21)12(2)10-13(3)18(22)14(4)11-15(5)19(23)25-17/h8-10,12,14-15,17,24H,7,11H2,1-6H3/b9-8+,13-10+. The molecule has 0 aliphatic carbocycles. The van der Waals surface area contributed by atoms with Gasteiger partial charge in [0.25, 0.3) is 0 Å². The van der Waals surface area contributed by atoms with Gasteiger partial charge in [-0.15, -0.1) is 0 Å². The lowest BCUT2D eigenvalue weighted by Crippen LogP contribution is -2.41. The van der Waals surface area contributed by atoms with Gasteiger partial charge in [-0.3, -0.25) is 14.4 Å². The summed E-state index contributed by atoms with van der Waals surface area (Å²) in [6.45, 7) is 10.2. The van der Waals surface area contributed by atoms with Crippen molar-refractivity contribution in [1.82, 2.24) is 0 Å². The lowest BCUT2D eigenvalue weighted by Gasteiger charge is -2.30. The molecule has 0 saturated carbocycles. The number of hydrogen-bond acceptors (Lipinski definition) is 5. The molecular formula is C20H30O5. The fourth-order valence-electron chi connectivity index (χ4n) is 3.04. The van der Waals surface area contributed by atoms with E-state index in [1.54, 1.807) is 40.7 Å². The fraction of sp³-hybridized carbons (Fsp3) is 0.650. The third-order valence-electron chi connectivity index (χ3n) is 4.76. The van der Waals surface area contributed by atoms with Crippen molar-refractivity contribution in [3.8, 4) is 0 Å². The molecule has 0 fully saturated rings. The summed E-state index contributed by atoms with van der Waals surface area (Å²) in [4.78, 5) is 37.0. The summed E-state index contributed by atoms with van der Waals surface area (Å²) in [6, 6.07) is 0. The number of aliphatic hydroxyl groups is 1. The molecule has 1 heterocycles. The van der Waals surface area contributed by atoms with E-state index >= 15 is 0 Å². The Morgan fingerprint density at radius 1 is 1.20 bits per heavy atom. The van der Waals surface area contributed by atoms with Crippen molar-refractivity contribution in [2.45, 2.75) is 66.1 Å². The van der Waals surface area contributed by atoms with Gasteiger partial charge >= 0.3 is 5.97 Å². The van der Waals surface area contributed by atoms with Gasteiger partial charge in [0.05, 0.1) is 5.92 Å². The molecule has 0 aromatic carbocycles. The van der Waals surface area contributed by atoms with Gasteiger partial charge in [0, 0.05) is 11.8 Å². The van der Waals surface area contributed by atoms with Gasteiger partial charge in [-0.1, -0.05) is 33.8 Å². The van der Waals surface area contributed by atoms with Gasteiger partial charge in [0.1, 0.15) is 11.7 Å². The average molecular weight is 350 g/mol. The zero-order valence-electron chi connectivity index (χ0n) is 16.0. The highest BCUT2D eigenvalue weighted by Crippen LogP contribution is 2.24. The van der Waals surface area contributed by atoms with Crippen LogP contribution < -0.4 is 0 Å². The van der Waals surface area contributed by atoms with Crippen molar-refractivity contribution < 1.29 is 24.2 Å². The molecule has 1 rings (SSSR count). The number of cyclic esters (lactones) is 1. The molecule has 0 radical (unpaired) electrons. The van der Waals surface area contributed by atoms with Gasteiger partial charge < -0.3 is 9.84 Å². The Labute approximate surface area is 150 Å². The zero-order chi connectivity index (χ0) is 19.4. The molecule has 140 valence electrons.